The second kappa shape index (κ2) is 6.01. The molecule has 0 unspecified atom stereocenters. The van der Waals surface area contributed by atoms with Gasteiger partial charge in [0, 0.05) is 19.3 Å². The van der Waals surface area contributed by atoms with Crippen LogP contribution >= 0.6 is 11.6 Å². The summed E-state index contributed by atoms with van der Waals surface area (Å²) in [5.74, 6) is -0.879. The molecule has 7 heteroatoms. The van der Waals surface area contributed by atoms with E-state index in [-0.39, 0.29) is 11.6 Å². The zero-order chi connectivity index (χ0) is 15.6. The summed E-state index contributed by atoms with van der Waals surface area (Å²) < 4.78 is 39.7. The zero-order valence-corrected chi connectivity index (χ0v) is 12.8. The molecule has 2 aromatic rings. The standard InChI is InChI=1S/C14H14ClFN2O2S/c1-18(9-10-5-2-3-8-13(10)17)21(19,20)14-11(15)6-4-7-12(14)16/h2-8H,9,17H2,1H3. The summed E-state index contributed by atoms with van der Waals surface area (Å²) in [6.07, 6.45) is 0. The summed E-state index contributed by atoms with van der Waals surface area (Å²) in [5.41, 5.74) is 6.90. The first-order chi connectivity index (χ1) is 9.84. The molecule has 0 radical (unpaired) electrons. The highest BCUT2D eigenvalue weighted by atomic mass is 35.5. The molecule has 0 saturated carbocycles. The molecule has 0 amide bonds. The average Bonchev–Trinajstić information content (AvgIpc) is 2.40. The van der Waals surface area contributed by atoms with Crippen molar-refractivity contribution in [3.63, 3.8) is 0 Å². The first-order valence-corrected chi connectivity index (χ1v) is 7.89. The van der Waals surface area contributed by atoms with Crippen LogP contribution in [0.1, 0.15) is 5.56 Å². The predicted molar refractivity (Wildman–Crippen MR) is 80.9 cm³/mol. The Morgan fingerprint density at radius 3 is 2.48 bits per heavy atom. The van der Waals surface area contributed by atoms with Crippen LogP contribution in [0.15, 0.2) is 47.4 Å². The Hall–Kier alpha value is -1.63. The number of nitrogens with two attached hydrogens (primary N) is 1. The van der Waals surface area contributed by atoms with Gasteiger partial charge in [0.2, 0.25) is 10.0 Å². The highest BCUT2D eigenvalue weighted by Crippen LogP contribution is 2.28. The normalized spacial score (nSPS) is 11.8. The van der Waals surface area contributed by atoms with Crippen molar-refractivity contribution < 1.29 is 12.8 Å². The Morgan fingerprint density at radius 2 is 1.86 bits per heavy atom. The number of sulfonamides is 1. The van der Waals surface area contributed by atoms with Gasteiger partial charge in [0.05, 0.1) is 5.02 Å². The van der Waals surface area contributed by atoms with E-state index < -0.39 is 20.7 Å². The van der Waals surface area contributed by atoms with Crippen molar-refractivity contribution in [2.24, 2.45) is 0 Å². The molecule has 0 heterocycles. The fourth-order valence-corrected chi connectivity index (χ4v) is 3.59. The van der Waals surface area contributed by atoms with Crippen LogP contribution in [0.4, 0.5) is 10.1 Å². The number of hydrogen-bond acceptors (Lipinski definition) is 3. The molecule has 0 saturated heterocycles. The van der Waals surface area contributed by atoms with Crippen LogP contribution in [0, 0.1) is 5.82 Å². The number of nitrogens with zero attached hydrogens (tertiary/aromatic N) is 1. The summed E-state index contributed by atoms with van der Waals surface area (Å²) in [6, 6.07) is 10.6. The lowest BCUT2D eigenvalue weighted by molar-refractivity contribution is 0.460. The maximum absolute atomic E-state index is 13.8. The molecular formula is C14H14ClFN2O2S. The lowest BCUT2D eigenvalue weighted by atomic mass is 10.2. The quantitative estimate of drug-likeness (QED) is 0.878. The number of hydrogen-bond donors (Lipinski definition) is 1. The topological polar surface area (TPSA) is 63.4 Å². The van der Waals surface area contributed by atoms with Crippen molar-refractivity contribution in [2.75, 3.05) is 12.8 Å². The third-order valence-electron chi connectivity index (χ3n) is 3.04. The van der Waals surface area contributed by atoms with Crippen molar-refractivity contribution in [1.82, 2.24) is 4.31 Å². The van der Waals surface area contributed by atoms with Gasteiger partial charge in [-0.1, -0.05) is 35.9 Å². The van der Waals surface area contributed by atoms with Crippen LogP contribution in [0.5, 0.6) is 0 Å². The van der Waals surface area contributed by atoms with E-state index in [9.17, 15) is 12.8 Å². The zero-order valence-electron chi connectivity index (χ0n) is 11.3. The first-order valence-electron chi connectivity index (χ1n) is 6.08. The third-order valence-corrected chi connectivity index (χ3v) is 5.34. The summed E-state index contributed by atoms with van der Waals surface area (Å²) in [7, 11) is -2.69. The van der Waals surface area contributed by atoms with Crippen LogP contribution in [-0.4, -0.2) is 19.8 Å². The van der Waals surface area contributed by atoms with Gasteiger partial charge in [0.1, 0.15) is 10.7 Å². The fraction of sp³-hybridized carbons (Fsp3) is 0.143. The molecule has 0 spiro atoms. The lowest BCUT2D eigenvalue weighted by Gasteiger charge is -2.19. The first kappa shape index (κ1) is 15.8. The van der Waals surface area contributed by atoms with Gasteiger partial charge in [0.25, 0.3) is 0 Å². The molecule has 0 atom stereocenters. The number of para-hydroxylation sites is 1. The lowest BCUT2D eigenvalue weighted by Crippen LogP contribution is -2.28. The smallest absolute Gasteiger partial charge is 0.247 e. The van der Waals surface area contributed by atoms with Crippen molar-refractivity contribution >= 4 is 27.3 Å². The molecule has 0 aromatic heterocycles. The second-order valence-corrected chi connectivity index (χ2v) is 6.90. The molecule has 0 aliphatic rings. The number of benzene rings is 2. The van der Waals surface area contributed by atoms with E-state index in [0.717, 1.165) is 10.4 Å². The molecule has 2 aromatic carbocycles. The minimum atomic E-state index is -4.04. The Bertz CT molecular complexity index is 745. The minimum Gasteiger partial charge on any atom is -0.398 e. The summed E-state index contributed by atoms with van der Waals surface area (Å²) in [5, 5.41) is -0.150. The predicted octanol–water partition coefficient (Wildman–Crippen LogP) is 2.88. The SMILES string of the molecule is CN(Cc1ccccc1N)S(=O)(=O)c1c(F)cccc1Cl. The van der Waals surface area contributed by atoms with Crippen LogP contribution in [0.3, 0.4) is 0 Å². The minimum absolute atomic E-state index is 0.0275. The molecule has 0 bridgehead atoms. The highest BCUT2D eigenvalue weighted by molar-refractivity contribution is 7.89. The molecule has 0 aliphatic heterocycles. The number of nitrogen functional groups attached to an aromatic ring is 1. The summed E-state index contributed by atoms with van der Waals surface area (Å²) in [6.45, 7) is 0.0275. The van der Waals surface area contributed by atoms with E-state index in [1.807, 2.05) is 0 Å². The van der Waals surface area contributed by atoms with Crippen molar-refractivity contribution in [3.8, 4) is 0 Å². The average molecular weight is 329 g/mol. The second-order valence-electron chi connectivity index (χ2n) is 4.51. The molecule has 0 aliphatic carbocycles. The fourth-order valence-electron chi connectivity index (χ4n) is 1.89. The van der Waals surface area contributed by atoms with Gasteiger partial charge < -0.3 is 5.73 Å². The Labute approximate surface area is 128 Å². The number of anilines is 1. The van der Waals surface area contributed by atoms with Crippen molar-refractivity contribution in [1.29, 1.82) is 0 Å². The van der Waals surface area contributed by atoms with Crippen molar-refractivity contribution in [3.05, 3.63) is 58.9 Å². The Balaban J connectivity index is 2.38. The third kappa shape index (κ3) is 3.18. The Kier molecular flexibility index (Phi) is 4.51. The molecule has 2 rings (SSSR count). The van der Waals surface area contributed by atoms with Crippen LogP contribution < -0.4 is 5.73 Å². The van der Waals surface area contributed by atoms with Gasteiger partial charge in [0.15, 0.2) is 0 Å². The van der Waals surface area contributed by atoms with E-state index in [4.69, 9.17) is 17.3 Å². The van der Waals surface area contributed by atoms with Crippen molar-refractivity contribution in [2.45, 2.75) is 11.4 Å². The highest BCUT2D eigenvalue weighted by Gasteiger charge is 2.27. The Morgan fingerprint density at radius 1 is 1.19 bits per heavy atom. The van der Waals surface area contributed by atoms with E-state index >= 15 is 0 Å². The van der Waals surface area contributed by atoms with Gasteiger partial charge in [-0.15, -0.1) is 0 Å². The molecule has 21 heavy (non-hydrogen) atoms. The van der Waals surface area contributed by atoms with Gasteiger partial charge in [-0.2, -0.15) is 4.31 Å². The molecular weight excluding hydrogens is 315 g/mol. The van der Waals surface area contributed by atoms with E-state index in [0.29, 0.717) is 11.3 Å². The molecule has 0 fully saturated rings. The van der Waals surface area contributed by atoms with Crippen LogP contribution in [-0.2, 0) is 16.6 Å². The monoisotopic (exact) mass is 328 g/mol. The van der Waals surface area contributed by atoms with Gasteiger partial charge in [-0.25, -0.2) is 12.8 Å². The van der Waals surface area contributed by atoms with Crippen LogP contribution in [0.2, 0.25) is 5.02 Å². The largest absolute Gasteiger partial charge is 0.398 e. The van der Waals surface area contributed by atoms with Gasteiger partial charge >= 0.3 is 0 Å². The maximum Gasteiger partial charge on any atom is 0.247 e. The number of halogens is 2. The maximum atomic E-state index is 13.8. The van der Waals surface area contributed by atoms with Gasteiger partial charge in [-0.05, 0) is 23.8 Å². The summed E-state index contributed by atoms with van der Waals surface area (Å²) >= 11 is 5.82. The van der Waals surface area contributed by atoms with Crippen LogP contribution in [0.25, 0.3) is 0 Å². The van der Waals surface area contributed by atoms with Gasteiger partial charge in [-0.3, -0.25) is 0 Å². The van der Waals surface area contributed by atoms with E-state index in [1.54, 1.807) is 24.3 Å². The summed E-state index contributed by atoms with van der Waals surface area (Å²) in [4.78, 5) is -0.524. The molecule has 112 valence electrons. The van der Waals surface area contributed by atoms with E-state index in [1.165, 1.54) is 19.2 Å². The number of rotatable bonds is 4. The van der Waals surface area contributed by atoms with E-state index in [2.05, 4.69) is 0 Å². The molecule has 2 N–H and O–H groups in total. The molecule has 4 nitrogen and oxygen atoms in total.